The molecule has 0 aliphatic carbocycles. The van der Waals surface area contributed by atoms with Crippen molar-refractivity contribution in [2.24, 2.45) is 0 Å². The predicted molar refractivity (Wildman–Crippen MR) is 100.0 cm³/mol. The van der Waals surface area contributed by atoms with Crippen LogP contribution in [0.15, 0.2) is 54.6 Å². The van der Waals surface area contributed by atoms with E-state index in [2.05, 4.69) is 5.32 Å². The number of nitro groups is 1. The Labute approximate surface area is 153 Å². The Bertz CT molecular complexity index is 759. The van der Waals surface area contributed by atoms with Crippen molar-refractivity contribution >= 4 is 13.3 Å². The van der Waals surface area contributed by atoms with Gasteiger partial charge in [-0.05, 0) is 25.5 Å². The Morgan fingerprint density at radius 3 is 2.19 bits per heavy atom. The number of hydrogen-bond acceptors (Lipinski definition) is 6. The largest absolute Gasteiger partial charge is 0.352 e. The molecule has 0 radical (unpaired) electrons. The van der Waals surface area contributed by atoms with Crippen molar-refractivity contribution in [1.82, 2.24) is 5.32 Å². The molecule has 2 rings (SSSR count). The normalized spacial score (nSPS) is 12.7. The van der Waals surface area contributed by atoms with Crippen LogP contribution in [-0.2, 0) is 20.2 Å². The lowest BCUT2D eigenvalue weighted by Crippen LogP contribution is -2.24. The molecule has 0 aliphatic heterocycles. The van der Waals surface area contributed by atoms with Crippen molar-refractivity contribution in [3.05, 3.63) is 75.8 Å². The van der Waals surface area contributed by atoms with E-state index in [0.717, 1.165) is 5.56 Å². The lowest BCUT2D eigenvalue weighted by molar-refractivity contribution is -0.385. The number of para-hydroxylation sites is 1. The first-order valence-electron chi connectivity index (χ1n) is 8.41. The summed E-state index contributed by atoms with van der Waals surface area (Å²) >= 11 is 0. The third-order valence-electron chi connectivity index (χ3n) is 3.70. The first kappa shape index (κ1) is 20.3. The highest BCUT2D eigenvalue weighted by atomic mass is 31.2. The molecule has 0 saturated carbocycles. The summed E-state index contributed by atoms with van der Waals surface area (Å²) in [6.45, 7) is 4.11. The molecule has 0 saturated heterocycles. The molecule has 0 aromatic heterocycles. The molecule has 0 spiro atoms. The van der Waals surface area contributed by atoms with E-state index < -0.39 is 18.3 Å². The van der Waals surface area contributed by atoms with Gasteiger partial charge >= 0.3 is 7.60 Å². The number of nitrogens with one attached hydrogen (secondary N) is 1. The van der Waals surface area contributed by atoms with E-state index >= 15 is 0 Å². The second kappa shape index (κ2) is 9.59. The maximum Gasteiger partial charge on any atom is 0.352 e. The molecule has 0 amide bonds. The van der Waals surface area contributed by atoms with Crippen LogP contribution in [0.3, 0.4) is 0 Å². The van der Waals surface area contributed by atoms with Crippen LogP contribution in [-0.4, -0.2) is 18.1 Å². The van der Waals surface area contributed by atoms with Gasteiger partial charge in [0.2, 0.25) is 0 Å². The van der Waals surface area contributed by atoms with Gasteiger partial charge in [-0.25, -0.2) is 0 Å². The van der Waals surface area contributed by atoms with Gasteiger partial charge in [0.15, 0.2) is 0 Å². The highest BCUT2D eigenvalue weighted by Gasteiger charge is 2.40. The topological polar surface area (TPSA) is 90.7 Å². The van der Waals surface area contributed by atoms with E-state index in [9.17, 15) is 14.7 Å². The van der Waals surface area contributed by atoms with Crippen LogP contribution in [0.2, 0.25) is 0 Å². The summed E-state index contributed by atoms with van der Waals surface area (Å²) in [7, 11) is -3.67. The van der Waals surface area contributed by atoms with Gasteiger partial charge in [-0.2, -0.15) is 0 Å². The Morgan fingerprint density at radius 1 is 1.04 bits per heavy atom. The van der Waals surface area contributed by atoms with E-state index in [1.165, 1.54) is 6.07 Å². The maximum absolute atomic E-state index is 13.4. The molecule has 0 bridgehead atoms. The van der Waals surface area contributed by atoms with E-state index in [1.807, 2.05) is 30.3 Å². The van der Waals surface area contributed by atoms with Crippen LogP contribution >= 0.6 is 7.60 Å². The standard InChI is InChI=1S/C18H23N2O5P/c1-3-24-26(23,25-4-2)18(19-14-15-10-6-5-7-11-15)16-12-8-9-13-17(16)20(21)22/h5-13,18-19H,3-4,14H2,1-2H3. The first-order chi connectivity index (χ1) is 12.5. The molecule has 1 atom stereocenters. The Hall–Kier alpha value is -2.05. The molecule has 1 N–H and O–H groups in total. The summed E-state index contributed by atoms with van der Waals surface area (Å²) in [6.07, 6.45) is 0. The summed E-state index contributed by atoms with van der Waals surface area (Å²) in [5.41, 5.74) is 1.10. The van der Waals surface area contributed by atoms with E-state index in [1.54, 1.807) is 32.0 Å². The number of nitrogens with zero attached hydrogens (tertiary/aromatic N) is 1. The van der Waals surface area contributed by atoms with Gasteiger partial charge in [-0.3, -0.25) is 20.0 Å². The zero-order chi connectivity index (χ0) is 19.0. The van der Waals surface area contributed by atoms with Gasteiger partial charge in [0, 0.05) is 12.6 Å². The highest BCUT2D eigenvalue weighted by molar-refractivity contribution is 7.54. The monoisotopic (exact) mass is 378 g/mol. The quantitative estimate of drug-likeness (QED) is 0.368. The number of hydrogen-bond donors (Lipinski definition) is 1. The Morgan fingerprint density at radius 2 is 1.62 bits per heavy atom. The molecule has 0 fully saturated rings. The molecule has 8 heteroatoms. The van der Waals surface area contributed by atoms with E-state index in [0.29, 0.717) is 6.54 Å². The van der Waals surface area contributed by atoms with Gasteiger partial charge in [0.05, 0.1) is 23.7 Å². The first-order valence-corrected chi connectivity index (χ1v) is 10.0. The minimum absolute atomic E-state index is 0.127. The lowest BCUT2D eigenvalue weighted by atomic mass is 10.1. The van der Waals surface area contributed by atoms with Crippen LogP contribution < -0.4 is 5.32 Å². The minimum atomic E-state index is -3.67. The number of nitro benzene ring substituents is 1. The lowest BCUT2D eigenvalue weighted by Gasteiger charge is -2.27. The fraction of sp³-hybridized carbons (Fsp3) is 0.333. The predicted octanol–water partition coefficient (Wildman–Crippen LogP) is 4.65. The molecule has 7 nitrogen and oxygen atoms in total. The number of benzene rings is 2. The number of rotatable bonds is 10. The van der Waals surface area contributed by atoms with Crippen LogP contribution in [0.25, 0.3) is 0 Å². The SMILES string of the molecule is CCOP(=O)(OCC)C(NCc1ccccc1)c1ccccc1[N+](=O)[O-]. The smallest absolute Gasteiger partial charge is 0.308 e. The van der Waals surface area contributed by atoms with Crippen molar-refractivity contribution < 1.29 is 18.5 Å². The molecular weight excluding hydrogens is 355 g/mol. The van der Waals surface area contributed by atoms with Crippen molar-refractivity contribution in [3.63, 3.8) is 0 Å². The maximum atomic E-state index is 13.4. The molecule has 1 unspecified atom stereocenters. The molecule has 2 aromatic rings. The molecule has 0 aliphatic rings. The second-order valence-electron chi connectivity index (χ2n) is 5.46. The fourth-order valence-corrected chi connectivity index (χ4v) is 4.60. The van der Waals surface area contributed by atoms with Crippen LogP contribution in [0.5, 0.6) is 0 Å². The Kier molecular flexibility index (Phi) is 7.48. The van der Waals surface area contributed by atoms with Crippen LogP contribution in [0, 0.1) is 10.1 Å². The molecular formula is C18H23N2O5P. The van der Waals surface area contributed by atoms with E-state index in [4.69, 9.17) is 9.05 Å². The minimum Gasteiger partial charge on any atom is -0.308 e. The molecule has 26 heavy (non-hydrogen) atoms. The summed E-state index contributed by atoms with van der Waals surface area (Å²) in [5.74, 6) is -0.954. The molecule has 0 heterocycles. The van der Waals surface area contributed by atoms with Gasteiger partial charge in [-0.15, -0.1) is 0 Å². The van der Waals surface area contributed by atoms with Gasteiger partial charge < -0.3 is 9.05 Å². The third kappa shape index (κ3) is 4.99. The van der Waals surface area contributed by atoms with Crippen molar-refractivity contribution in [1.29, 1.82) is 0 Å². The summed E-state index contributed by atoms with van der Waals surface area (Å²) in [4.78, 5) is 11.0. The zero-order valence-corrected chi connectivity index (χ0v) is 15.7. The average molecular weight is 378 g/mol. The molecule has 140 valence electrons. The summed E-state index contributed by atoms with van der Waals surface area (Å²) in [5, 5.41) is 14.6. The highest BCUT2D eigenvalue weighted by Crippen LogP contribution is 2.60. The van der Waals surface area contributed by atoms with Gasteiger partial charge in [0.1, 0.15) is 5.78 Å². The van der Waals surface area contributed by atoms with Crippen molar-refractivity contribution in [3.8, 4) is 0 Å². The second-order valence-corrected chi connectivity index (χ2v) is 7.57. The Balaban J connectivity index is 2.44. The zero-order valence-electron chi connectivity index (χ0n) is 14.8. The van der Waals surface area contributed by atoms with E-state index in [-0.39, 0.29) is 24.5 Å². The van der Waals surface area contributed by atoms with Crippen molar-refractivity contribution in [2.75, 3.05) is 13.2 Å². The van der Waals surface area contributed by atoms with Crippen LogP contribution in [0.1, 0.15) is 30.8 Å². The summed E-state index contributed by atoms with van der Waals surface area (Å²) < 4.78 is 24.3. The average Bonchev–Trinajstić information content (AvgIpc) is 2.63. The fourth-order valence-electron chi connectivity index (χ4n) is 2.63. The van der Waals surface area contributed by atoms with Gasteiger partial charge in [-0.1, -0.05) is 42.5 Å². The van der Waals surface area contributed by atoms with Gasteiger partial charge in [0.25, 0.3) is 5.69 Å². The third-order valence-corrected chi connectivity index (χ3v) is 6.03. The summed E-state index contributed by atoms with van der Waals surface area (Å²) in [6, 6.07) is 15.7. The van der Waals surface area contributed by atoms with Crippen molar-refractivity contribution in [2.45, 2.75) is 26.2 Å². The van der Waals surface area contributed by atoms with Crippen LogP contribution in [0.4, 0.5) is 5.69 Å². The molecule has 2 aromatic carbocycles.